The van der Waals surface area contributed by atoms with E-state index in [1.807, 2.05) is 24.3 Å². The summed E-state index contributed by atoms with van der Waals surface area (Å²) >= 11 is 0. The third kappa shape index (κ3) is 4.39. The molecule has 1 aromatic carbocycles. The maximum absolute atomic E-state index is 13.3. The van der Waals surface area contributed by atoms with Crippen molar-refractivity contribution >= 4 is 5.91 Å². The van der Waals surface area contributed by atoms with Crippen molar-refractivity contribution < 1.29 is 19.5 Å². The number of aliphatic hydroxyl groups is 1. The zero-order valence-corrected chi connectivity index (χ0v) is 17.2. The number of rotatable bonds is 8. The number of nitrogens with one attached hydrogen (secondary N) is 1. The Morgan fingerprint density at radius 2 is 1.77 bits per heavy atom. The molecular formula is C21H24FN5O4. The number of carbonyl (C=O) groups excluding carboxylic acids is 1. The predicted molar refractivity (Wildman–Crippen MR) is 110 cm³/mol. The minimum absolute atomic E-state index is 0.0447. The summed E-state index contributed by atoms with van der Waals surface area (Å²) in [6.45, 7) is 1.38. The summed E-state index contributed by atoms with van der Waals surface area (Å²) in [6.07, 6.45) is 4.66. The number of aromatic nitrogens is 4. The maximum atomic E-state index is 13.3. The van der Waals surface area contributed by atoms with Gasteiger partial charge in [0.15, 0.2) is 0 Å². The zero-order chi connectivity index (χ0) is 22.6. The minimum Gasteiger partial charge on any atom is -0.386 e. The third-order valence-corrected chi connectivity index (χ3v) is 5.75. The van der Waals surface area contributed by atoms with E-state index in [0.29, 0.717) is 5.56 Å². The van der Waals surface area contributed by atoms with Gasteiger partial charge in [-0.1, -0.05) is 12.1 Å². The summed E-state index contributed by atoms with van der Waals surface area (Å²) in [7, 11) is 0. The topological polar surface area (TPSA) is 122 Å². The van der Waals surface area contributed by atoms with Crippen molar-refractivity contribution in [1.82, 2.24) is 25.0 Å². The van der Waals surface area contributed by atoms with Crippen molar-refractivity contribution in [3.05, 3.63) is 65.3 Å². The van der Waals surface area contributed by atoms with Gasteiger partial charge in [0, 0.05) is 18.8 Å². The molecule has 3 aromatic rings. The molecule has 9 nitrogen and oxygen atoms in total. The van der Waals surface area contributed by atoms with Gasteiger partial charge >= 0.3 is 0 Å². The smallest absolute Gasteiger partial charge is 0.252 e. The van der Waals surface area contributed by atoms with Crippen LogP contribution in [0.1, 0.15) is 20.3 Å². The van der Waals surface area contributed by atoms with Crippen molar-refractivity contribution in [3.63, 3.8) is 0 Å². The Balaban J connectivity index is 1.79. The fourth-order valence-electron chi connectivity index (χ4n) is 3.25. The molecular weight excluding hydrogens is 405 g/mol. The first-order chi connectivity index (χ1) is 14.7. The summed E-state index contributed by atoms with van der Waals surface area (Å²) in [4.78, 5) is 26.2. The van der Waals surface area contributed by atoms with Crippen LogP contribution in [-0.2, 0) is 11.3 Å². The number of aryl methyl sites for hydroxylation is 1. The van der Waals surface area contributed by atoms with E-state index in [1.165, 1.54) is 34.8 Å². The van der Waals surface area contributed by atoms with E-state index >= 15 is 0 Å². The molecule has 3 N–H and O–H groups in total. The number of nitrogens with zero attached hydrogens (tertiary/aromatic N) is 4. The van der Waals surface area contributed by atoms with Crippen LogP contribution >= 0.6 is 0 Å². The largest absolute Gasteiger partial charge is 0.386 e. The molecule has 10 heteroatoms. The summed E-state index contributed by atoms with van der Waals surface area (Å²) in [5, 5.41) is 27.5. The van der Waals surface area contributed by atoms with Gasteiger partial charge in [0.2, 0.25) is 0 Å². The van der Waals surface area contributed by atoms with Gasteiger partial charge in [-0.2, -0.15) is 15.0 Å². The lowest BCUT2D eigenvalue weighted by molar-refractivity contribution is -0.159. The van der Waals surface area contributed by atoms with Crippen LogP contribution in [0.2, 0.25) is 0 Å². The van der Waals surface area contributed by atoms with Gasteiger partial charge < -0.3 is 9.67 Å². The van der Waals surface area contributed by atoms with Crippen LogP contribution in [0.5, 0.6) is 0 Å². The first-order valence-electron chi connectivity index (χ1n) is 9.62. The summed E-state index contributed by atoms with van der Waals surface area (Å²) in [5.74, 6) is -0.924. The van der Waals surface area contributed by atoms with Crippen molar-refractivity contribution in [1.29, 1.82) is 0 Å². The lowest BCUT2D eigenvalue weighted by atomic mass is 9.71. The molecule has 0 saturated heterocycles. The molecule has 0 spiro atoms. The fourth-order valence-corrected chi connectivity index (χ4v) is 3.25. The Bertz CT molecular complexity index is 1100. The highest BCUT2D eigenvalue weighted by Crippen LogP contribution is 2.36. The standard InChI is InChI=1S/C21H24FN5O4/c1-20(19(29)25-31,21(2,30)14-22)8-12-26-11-7-16(13-18(26)28)15-3-5-17(6-4-15)27-23-9-10-24-27/h3-7,9-11,13,30-31H,8,12,14H2,1-2H3,(H,25,29). The Morgan fingerprint density at radius 3 is 2.32 bits per heavy atom. The fraction of sp³-hybridized carbons (Fsp3) is 0.333. The second-order valence-corrected chi connectivity index (χ2v) is 7.74. The Morgan fingerprint density at radius 1 is 1.13 bits per heavy atom. The number of alkyl halides is 1. The van der Waals surface area contributed by atoms with E-state index in [4.69, 9.17) is 5.21 Å². The molecule has 2 heterocycles. The average Bonchev–Trinajstić information content (AvgIpc) is 3.32. The lowest BCUT2D eigenvalue weighted by Gasteiger charge is -2.39. The van der Waals surface area contributed by atoms with Crippen LogP contribution in [0.3, 0.4) is 0 Å². The Hall–Kier alpha value is -3.37. The molecule has 2 aromatic heterocycles. The predicted octanol–water partition coefficient (Wildman–Crippen LogP) is 1.72. The molecule has 2 unspecified atom stereocenters. The molecule has 3 rings (SSSR count). The SMILES string of the molecule is CC(O)(CF)C(C)(CCn1ccc(-c2ccc(-n3nccn3)cc2)cc1=O)C(=O)NO. The lowest BCUT2D eigenvalue weighted by Crippen LogP contribution is -2.55. The molecule has 0 bridgehead atoms. The van der Waals surface area contributed by atoms with Crippen LogP contribution in [0.15, 0.2) is 59.8 Å². The number of pyridine rings is 1. The Labute approximate surface area is 177 Å². The first-order valence-corrected chi connectivity index (χ1v) is 9.62. The summed E-state index contributed by atoms with van der Waals surface area (Å²) < 4.78 is 14.7. The van der Waals surface area contributed by atoms with E-state index in [1.54, 1.807) is 24.7 Å². The second kappa shape index (κ2) is 8.78. The number of benzene rings is 1. The highest BCUT2D eigenvalue weighted by Gasteiger charge is 2.49. The number of hydrogen-bond donors (Lipinski definition) is 3. The van der Waals surface area contributed by atoms with E-state index in [2.05, 4.69) is 10.2 Å². The number of hydroxylamine groups is 1. The van der Waals surface area contributed by atoms with E-state index in [9.17, 15) is 19.1 Å². The number of amides is 1. The van der Waals surface area contributed by atoms with Gasteiger partial charge in [0.05, 0.1) is 23.5 Å². The number of carbonyl (C=O) groups is 1. The molecule has 0 aliphatic carbocycles. The normalized spacial score (nSPS) is 15.1. The van der Waals surface area contributed by atoms with Crippen molar-refractivity contribution in [2.24, 2.45) is 5.41 Å². The van der Waals surface area contributed by atoms with Crippen LogP contribution < -0.4 is 11.0 Å². The van der Waals surface area contributed by atoms with Gasteiger partial charge in [-0.05, 0) is 49.6 Å². The van der Waals surface area contributed by atoms with Gasteiger partial charge in [-0.15, -0.1) is 0 Å². The monoisotopic (exact) mass is 429 g/mol. The van der Waals surface area contributed by atoms with Gasteiger partial charge in [0.25, 0.3) is 11.5 Å². The summed E-state index contributed by atoms with van der Waals surface area (Å²) in [6, 6.07) is 10.6. The van der Waals surface area contributed by atoms with Crippen LogP contribution in [-0.4, -0.2) is 48.1 Å². The molecule has 0 aliphatic rings. The molecule has 1 amide bonds. The van der Waals surface area contributed by atoms with Crippen LogP contribution in [0, 0.1) is 5.41 Å². The van der Waals surface area contributed by atoms with Gasteiger partial charge in [0.1, 0.15) is 12.3 Å². The number of halogens is 1. The Kier molecular flexibility index (Phi) is 6.32. The molecule has 0 radical (unpaired) electrons. The average molecular weight is 429 g/mol. The molecule has 31 heavy (non-hydrogen) atoms. The highest BCUT2D eigenvalue weighted by atomic mass is 19.1. The van der Waals surface area contributed by atoms with E-state index in [0.717, 1.165) is 11.3 Å². The third-order valence-electron chi connectivity index (χ3n) is 5.75. The van der Waals surface area contributed by atoms with Gasteiger partial charge in [-0.3, -0.25) is 14.8 Å². The zero-order valence-electron chi connectivity index (χ0n) is 17.2. The van der Waals surface area contributed by atoms with Gasteiger partial charge in [-0.25, -0.2) is 9.87 Å². The first kappa shape index (κ1) is 22.3. The molecule has 0 fully saturated rings. The van der Waals surface area contributed by atoms with Crippen LogP contribution in [0.4, 0.5) is 4.39 Å². The van der Waals surface area contributed by atoms with E-state index in [-0.39, 0.29) is 18.5 Å². The molecule has 0 aliphatic heterocycles. The second-order valence-electron chi connectivity index (χ2n) is 7.74. The minimum atomic E-state index is -2.02. The quantitative estimate of drug-likeness (QED) is 0.370. The maximum Gasteiger partial charge on any atom is 0.252 e. The highest BCUT2D eigenvalue weighted by molar-refractivity contribution is 5.82. The molecule has 2 atom stereocenters. The van der Waals surface area contributed by atoms with Crippen molar-refractivity contribution in [2.45, 2.75) is 32.4 Å². The molecule has 164 valence electrons. The van der Waals surface area contributed by atoms with Crippen molar-refractivity contribution in [2.75, 3.05) is 6.67 Å². The van der Waals surface area contributed by atoms with E-state index < -0.39 is 23.6 Å². The molecule has 0 saturated carbocycles. The van der Waals surface area contributed by atoms with Crippen molar-refractivity contribution in [3.8, 4) is 16.8 Å². The number of hydrogen-bond acceptors (Lipinski definition) is 6. The summed E-state index contributed by atoms with van der Waals surface area (Å²) in [5.41, 5.74) is -0.199. The van der Waals surface area contributed by atoms with Crippen LogP contribution in [0.25, 0.3) is 16.8 Å².